The standard InChI is InChI=1S/C17H22N4O2S/c1-14-6-5-7-15(12-14)24(22,23)19-13-16-18-9-8-17(20-16)21-10-3-2-4-11-21/h5-9,12,19H,2-4,10-11,13H2,1H3. The Kier molecular flexibility index (Phi) is 5.11. The van der Waals surface area contributed by atoms with E-state index in [1.165, 1.54) is 19.3 Å². The number of nitrogens with zero attached hydrogens (tertiary/aromatic N) is 3. The summed E-state index contributed by atoms with van der Waals surface area (Å²) in [5.41, 5.74) is 0.904. The number of anilines is 1. The van der Waals surface area contributed by atoms with Gasteiger partial charge in [-0.15, -0.1) is 0 Å². The molecule has 1 saturated heterocycles. The van der Waals surface area contributed by atoms with Crippen molar-refractivity contribution in [2.45, 2.75) is 37.6 Å². The molecule has 7 heteroatoms. The Bertz CT molecular complexity index is 802. The molecule has 0 spiro atoms. The number of aromatic nitrogens is 2. The first-order valence-corrected chi connectivity index (χ1v) is 9.66. The van der Waals surface area contributed by atoms with Crippen molar-refractivity contribution in [1.29, 1.82) is 0 Å². The molecule has 3 rings (SSSR count). The molecule has 6 nitrogen and oxygen atoms in total. The van der Waals surface area contributed by atoms with Gasteiger partial charge in [0.1, 0.15) is 11.6 Å². The maximum Gasteiger partial charge on any atom is 0.240 e. The van der Waals surface area contributed by atoms with Crippen LogP contribution in [0.15, 0.2) is 41.4 Å². The zero-order valence-corrected chi connectivity index (χ0v) is 14.6. The fourth-order valence-corrected chi connectivity index (χ4v) is 3.88. The Labute approximate surface area is 143 Å². The summed E-state index contributed by atoms with van der Waals surface area (Å²) in [4.78, 5) is 11.2. The van der Waals surface area contributed by atoms with Crippen molar-refractivity contribution in [3.8, 4) is 0 Å². The van der Waals surface area contributed by atoms with Gasteiger partial charge >= 0.3 is 0 Å². The fraction of sp³-hybridized carbons (Fsp3) is 0.412. The van der Waals surface area contributed by atoms with Gasteiger partial charge in [0, 0.05) is 19.3 Å². The highest BCUT2D eigenvalue weighted by Gasteiger charge is 2.16. The van der Waals surface area contributed by atoms with Crippen LogP contribution < -0.4 is 9.62 Å². The van der Waals surface area contributed by atoms with Crippen LogP contribution in [0.2, 0.25) is 0 Å². The second-order valence-corrected chi connectivity index (χ2v) is 7.79. The van der Waals surface area contributed by atoms with Gasteiger partial charge in [0.25, 0.3) is 0 Å². The lowest BCUT2D eigenvalue weighted by molar-refractivity contribution is 0.569. The Morgan fingerprint density at radius 3 is 2.71 bits per heavy atom. The molecule has 2 aromatic rings. The van der Waals surface area contributed by atoms with Gasteiger partial charge in [-0.3, -0.25) is 0 Å². The van der Waals surface area contributed by atoms with Gasteiger partial charge in [0.15, 0.2) is 0 Å². The minimum absolute atomic E-state index is 0.0813. The van der Waals surface area contributed by atoms with Gasteiger partial charge in [-0.05, 0) is 49.9 Å². The van der Waals surface area contributed by atoms with E-state index in [1.807, 2.05) is 19.1 Å². The van der Waals surface area contributed by atoms with E-state index < -0.39 is 10.0 Å². The summed E-state index contributed by atoms with van der Waals surface area (Å²) in [6, 6.07) is 8.71. The molecule has 24 heavy (non-hydrogen) atoms. The highest BCUT2D eigenvalue weighted by atomic mass is 32.2. The number of hydrogen-bond donors (Lipinski definition) is 1. The molecule has 0 unspecified atom stereocenters. The Morgan fingerprint density at radius 2 is 1.96 bits per heavy atom. The molecule has 1 fully saturated rings. The second-order valence-electron chi connectivity index (χ2n) is 6.02. The van der Waals surface area contributed by atoms with E-state index in [1.54, 1.807) is 24.4 Å². The second kappa shape index (κ2) is 7.27. The third kappa shape index (κ3) is 4.10. The third-order valence-corrected chi connectivity index (χ3v) is 5.49. The van der Waals surface area contributed by atoms with Crippen LogP contribution in [0.1, 0.15) is 30.7 Å². The topological polar surface area (TPSA) is 75.2 Å². The monoisotopic (exact) mass is 346 g/mol. The molecule has 2 heterocycles. The number of nitrogens with one attached hydrogen (secondary N) is 1. The van der Waals surface area contributed by atoms with E-state index in [0.29, 0.717) is 5.82 Å². The summed E-state index contributed by atoms with van der Waals surface area (Å²) in [6.45, 7) is 3.93. The van der Waals surface area contributed by atoms with Crippen LogP contribution in [-0.4, -0.2) is 31.5 Å². The van der Waals surface area contributed by atoms with E-state index >= 15 is 0 Å². The molecule has 0 saturated carbocycles. The summed E-state index contributed by atoms with van der Waals surface area (Å²) in [5, 5.41) is 0. The first kappa shape index (κ1) is 16.9. The average Bonchev–Trinajstić information content (AvgIpc) is 2.61. The normalized spacial score (nSPS) is 15.5. The van der Waals surface area contributed by atoms with E-state index in [-0.39, 0.29) is 11.4 Å². The molecule has 0 bridgehead atoms. The van der Waals surface area contributed by atoms with Crippen LogP contribution in [0, 0.1) is 6.92 Å². The average molecular weight is 346 g/mol. The van der Waals surface area contributed by atoms with Crippen LogP contribution in [0.25, 0.3) is 0 Å². The Balaban J connectivity index is 1.70. The van der Waals surface area contributed by atoms with Crippen molar-refractivity contribution in [3.05, 3.63) is 47.9 Å². The SMILES string of the molecule is Cc1cccc(S(=O)(=O)NCc2nccc(N3CCCCC3)n2)c1. The van der Waals surface area contributed by atoms with Crippen LogP contribution in [-0.2, 0) is 16.6 Å². The minimum atomic E-state index is -3.56. The van der Waals surface area contributed by atoms with Crippen LogP contribution >= 0.6 is 0 Å². The number of hydrogen-bond acceptors (Lipinski definition) is 5. The summed E-state index contributed by atoms with van der Waals surface area (Å²) in [5.74, 6) is 1.35. The highest BCUT2D eigenvalue weighted by molar-refractivity contribution is 7.89. The first-order chi connectivity index (χ1) is 11.5. The number of sulfonamides is 1. The summed E-state index contributed by atoms with van der Waals surface area (Å²) >= 11 is 0. The molecule has 0 atom stereocenters. The molecule has 0 aliphatic carbocycles. The van der Waals surface area contributed by atoms with Crippen molar-refractivity contribution < 1.29 is 8.42 Å². The van der Waals surface area contributed by atoms with Crippen molar-refractivity contribution in [1.82, 2.24) is 14.7 Å². The van der Waals surface area contributed by atoms with Gasteiger partial charge in [-0.1, -0.05) is 12.1 Å². The van der Waals surface area contributed by atoms with Crippen molar-refractivity contribution in [3.63, 3.8) is 0 Å². The molecule has 1 aliphatic heterocycles. The minimum Gasteiger partial charge on any atom is -0.357 e. The molecule has 1 aromatic heterocycles. The van der Waals surface area contributed by atoms with Crippen LogP contribution in [0.4, 0.5) is 5.82 Å². The molecule has 1 aliphatic rings. The van der Waals surface area contributed by atoms with E-state index in [9.17, 15) is 8.42 Å². The predicted octanol–water partition coefficient (Wildman–Crippen LogP) is 2.25. The van der Waals surface area contributed by atoms with Gasteiger partial charge in [0.2, 0.25) is 10.0 Å². The molecule has 128 valence electrons. The van der Waals surface area contributed by atoms with E-state index in [4.69, 9.17) is 0 Å². The third-order valence-electron chi connectivity index (χ3n) is 4.09. The zero-order valence-electron chi connectivity index (χ0n) is 13.8. The van der Waals surface area contributed by atoms with Gasteiger partial charge < -0.3 is 4.90 Å². The molecular weight excluding hydrogens is 324 g/mol. The fourth-order valence-electron chi connectivity index (χ4n) is 2.80. The maximum absolute atomic E-state index is 12.4. The molecule has 0 radical (unpaired) electrons. The number of rotatable bonds is 5. The molecule has 1 aromatic carbocycles. The van der Waals surface area contributed by atoms with Gasteiger partial charge in [-0.25, -0.2) is 23.1 Å². The lowest BCUT2D eigenvalue weighted by Gasteiger charge is -2.27. The summed E-state index contributed by atoms with van der Waals surface area (Å²) in [6.07, 6.45) is 5.27. The molecular formula is C17H22N4O2S. The lowest BCUT2D eigenvalue weighted by Crippen LogP contribution is -2.31. The molecule has 1 N–H and O–H groups in total. The smallest absolute Gasteiger partial charge is 0.240 e. The quantitative estimate of drug-likeness (QED) is 0.899. The van der Waals surface area contributed by atoms with Gasteiger partial charge in [0.05, 0.1) is 11.4 Å². The van der Waals surface area contributed by atoms with Crippen LogP contribution in [0.3, 0.4) is 0 Å². The number of benzene rings is 1. The van der Waals surface area contributed by atoms with Crippen molar-refractivity contribution in [2.75, 3.05) is 18.0 Å². The zero-order chi connectivity index (χ0) is 17.0. The van der Waals surface area contributed by atoms with E-state index in [2.05, 4.69) is 19.6 Å². The lowest BCUT2D eigenvalue weighted by atomic mass is 10.1. The largest absolute Gasteiger partial charge is 0.357 e. The predicted molar refractivity (Wildman–Crippen MR) is 93.3 cm³/mol. The number of piperidine rings is 1. The van der Waals surface area contributed by atoms with Crippen molar-refractivity contribution >= 4 is 15.8 Å². The maximum atomic E-state index is 12.4. The van der Waals surface area contributed by atoms with Gasteiger partial charge in [-0.2, -0.15) is 0 Å². The highest BCUT2D eigenvalue weighted by Crippen LogP contribution is 2.17. The molecule has 0 amide bonds. The summed E-state index contributed by atoms with van der Waals surface area (Å²) in [7, 11) is -3.56. The first-order valence-electron chi connectivity index (χ1n) is 8.18. The van der Waals surface area contributed by atoms with Crippen molar-refractivity contribution in [2.24, 2.45) is 0 Å². The van der Waals surface area contributed by atoms with E-state index in [0.717, 1.165) is 24.5 Å². The summed E-state index contributed by atoms with van der Waals surface area (Å²) < 4.78 is 27.3. The Hall–Kier alpha value is -1.99. The number of aryl methyl sites for hydroxylation is 1. The van der Waals surface area contributed by atoms with Crippen LogP contribution in [0.5, 0.6) is 0 Å². The Morgan fingerprint density at radius 1 is 1.17 bits per heavy atom.